The van der Waals surface area contributed by atoms with E-state index in [1.54, 1.807) is 4.90 Å². The van der Waals surface area contributed by atoms with Gasteiger partial charge in [0.2, 0.25) is 5.91 Å². The molecule has 3 heteroatoms. The monoisotopic (exact) mass is 183 g/mol. The van der Waals surface area contributed by atoms with E-state index >= 15 is 0 Å². The largest absolute Gasteiger partial charge is 0.345 e. The van der Waals surface area contributed by atoms with Crippen molar-refractivity contribution >= 4 is 5.91 Å². The zero-order chi connectivity index (χ0) is 9.84. The van der Waals surface area contributed by atoms with Gasteiger partial charge in [-0.2, -0.15) is 0 Å². The van der Waals surface area contributed by atoms with E-state index in [0.717, 1.165) is 19.6 Å². The van der Waals surface area contributed by atoms with Crippen molar-refractivity contribution in [2.75, 3.05) is 33.7 Å². The molecular formula is C10H19N2O. The Morgan fingerprint density at radius 2 is 2.08 bits per heavy atom. The molecule has 1 rings (SSSR count). The summed E-state index contributed by atoms with van der Waals surface area (Å²) in [6.45, 7) is 6.58. The normalized spacial score (nSPS) is 20.2. The van der Waals surface area contributed by atoms with E-state index in [4.69, 9.17) is 0 Å². The highest BCUT2D eigenvalue weighted by Gasteiger charge is 2.18. The fraction of sp³-hybridized carbons (Fsp3) is 0.800. The Morgan fingerprint density at radius 3 is 2.54 bits per heavy atom. The molecule has 1 aliphatic rings. The molecule has 0 aromatic heterocycles. The minimum Gasteiger partial charge on any atom is -0.345 e. The summed E-state index contributed by atoms with van der Waals surface area (Å²) in [7, 11) is 3.97. The summed E-state index contributed by atoms with van der Waals surface area (Å²) in [5, 5.41) is 0. The fourth-order valence-corrected chi connectivity index (χ4v) is 1.73. The maximum atomic E-state index is 10.9. The van der Waals surface area contributed by atoms with Crippen LogP contribution in [0.3, 0.4) is 0 Å². The zero-order valence-electron chi connectivity index (χ0n) is 8.62. The van der Waals surface area contributed by atoms with E-state index in [-0.39, 0.29) is 5.91 Å². The Hall–Kier alpha value is -0.570. The van der Waals surface area contributed by atoms with E-state index in [2.05, 4.69) is 18.9 Å². The molecule has 0 saturated carbocycles. The predicted molar refractivity (Wildman–Crippen MR) is 53.2 cm³/mol. The van der Waals surface area contributed by atoms with Crippen LogP contribution in [0.4, 0.5) is 0 Å². The lowest BCUT2D eigenvalue weighted by Crippen LogP contribution is -2.37. The summed E-state index contributed by atoms with van der Waals surface area (Å²) in [5.74, 6) is 0.603. The molecule has 0 atom stereocenters. The van der Waals surface area contributed by atoms with Gasteiger partial charge in [-0.05, 0) is 38.9 Å². The average Bonchev–Trinajstić information content (AvgIpc) is 2.08. The molecule has 1 saturated heterocycles. The van der Waals surface area contributed by atoms with Gasteiger partial charge in [0.1, 0.15) is 0 Å². The number of nitrogens with zero attached hydrogens (tertiary/aromatic N) is 2. The molecule has 3 nitrogen and oxygen atoms in total. The standard InChI is InChI=1S/C10H19N2O/c1-9(13)12(3)8-10-4-6-11(2)7-5-10/h10H,1,4-8H2,2-3H3. The van der Waals surface area contributed by atoms with E-state index in [1.807, 2.05) is 7.05 Å². The Bertz CT molecular complexity index is 174. The molecule has 0 spiro atoms. The van der Waals surface area contributed by atoms with Gasteiger partial charge in [-0.1, -0.05) is 0 Å². The number of amides is 1. The van der Waals surface area contributed by atoms with Crippen LogP contribution in [0.2, 0.25) is 0 Å². The first-order valence-corrected chi connectivity index (χ1v) is 4.85. The number of hydrogen-bond acceptors (Lipinski definition) is 2. The Balaban J connectivity index is 2.26. The van der Waals surface area contributed by atoms with Crippen LogP contribution < -0.4 is 0 Å². The van der Waals surface area contributed by atoms with Crippen LogP contribution in [-0.4, -0.2) is 49.4 Å². The van der Waals surface area contributed by atoms with Gasteiger partial charge < -0.3 is 9.80 Å². The van der Waals surface area contributed by atoms with Gasteiger partial charge in [-0.15, -0.1) is 0 Å². The van der Waals surface area contributed by atoms with Gasteiger partial charge in [0, 0.05) is 20.5 Å². The molecule has 0 aliphatic carbocycles. The fourth-order valence-electron chi connectivity index (χ4n) is 1.73. The summed E-state index contributed by atoms with van der Waals surface area (Å²) < 4.78 is 0. The SMILES string of the molecule is [CH2]C(=O)N(C)CC1CCN(C)CC1. The topological polar surface area (TPSA) is 23.6 Å². The number of piperidine rings is 1. The molecule has 75 valence electrons. The third kappa shape index (κ3) is 3.35. The lowest BCUT2D eigenvalue weighted by Gasteiger charge is -2.31. The average molecular weight is 183 g/mol. The summed E-state index contributed by atoms with van der Waals surface area (Å²) in [6.07, 6.45) is 2.41. The summed E-state index contributed by atoms with van der Waals surface area (Å²) in [5.41, 5.74) is 0. The predicted octanol–water partition coefficient (Wildman–Crippen LogP) is 0.621. The van der Waals surface area contributed by atoms with Gasteiger partial charge in [0.25, 0.3) is 0 Å². The molecule has 1 amide bonds. The zero-order valence-corrected chi connectivity index (χ0v) is 8.62. The number of likely N-dealkylation sites (tertiary alicyclic amines) is 1. The molecule has 0 aromatic rings. The van der Waals surface area contributed by atoms with Crippen LogP contribution in [0.5, 0.6) is 0 Å². The Morgan fingerprint density at radius 1 is 1.54 bits per heavy atom. The third-order valence-electron chi connectivity index (χ3n) is 2.80. The van der Waals surface area contributed by atoms with Crippen LogP contribution in [0.25, 0.3) is 0 Å². The number of hydrogen-bond donors (Lipinski definition) is 0. The molecule has 1 aliphatic heterocycles. The van der Waals surface area contributed by atoms with Crippen molar-refractivity contribution in [2.45, 2.75) is 12.8 Å². The molecular weight excluding hydrogens is 164 g/mol. The molecule has 1 fully saturated rings. The second kappa shape index (κ2) is 4.61. The second-order valence-electron chi connectivity index (χ2n) is 4.02. The maximum Gasteiger partial charge on any atom is 0.222 e. The Kier molecular flexibility index (Phi) is 3.72. The van der Waals surface area contributed by atoms with Crippen molar-refractivity contribution in [2.24, 2.45) is 5.92 Å². The van der Waals surface area contributed by atoms with Crippen LogP contribution in [0, 0.1) is 12.8 Å². The van der Waals surface area contributed by atoms with Crippen molar-refractivity contribution < 1.29 is 4.79 Å². The van der Waals surface area contributed by atoms with Crippen molar-refractivity contribution in [3.05, 3.63) is 6.92 Å². The van der Waals surface area contributed by atoms with Crippen molar-refractivity contribution in [3.8, 4) is 0 Å². The van der Waals surface area contributed by atoms with Gasteiger partial charge in [-0.3, -0.25) is 4.79 Å². The lowest BCUT2D eigenvalue weighted by molar-refractivity contribution is -0.125. The quantitative estimate of drug-likeness (QED) is 0.626. The Labute approximate surface area is 80.7 Å². The minimum absolute atomic E-state index is 0.0704. The first kappa shape index (κ1) is 10.5. The second-order valence-corrected chi connectivity index (χ2v) is 4.02. The maximum absolute atomic E-state index is 10.9. The molecule has 0 unspecified atom stereocenters. The van der Waals surface area contributed by atoms with Gasteiger partial charge >= 0.3 is 0 Å². The van der Waals surface area contributed by atoms with Crippen LogP contribution in [0.1, 0.15) is 12.8 Å². The van der Waals surface area contributed by atoms with Crippen LogP contribution in [-0.2, 0) is 4.79 Å². The number of rotatable bonds is 2. The summed E-state index contributed by atoms with van der Waals surface area (Å²) in [4.78, 5) is 14.9. The molecule has 0 bridgehead atoms. The van der Waals surface area contributed by atoms with Crippen molar-refractivity contribution in [1.29, 1.82) is 0 Å². The highest BCUT2D eigenvalue weighted by molar-refractivity contribution is 5.79. The first-order chi connectivity index (χ1) is 6.09. The minimum atomic E-state index is -0.0704. The van der Waals surface area contributed by atoms with E-state index in [9.17, 15) is 4.79 Å². The summed E-state index contributed by atoms with van der Waals surface area (Å²) in [6, 6.07) is 0. The first-order valence-electron chi connectivity index (χ1n) is 4.85. The van der Waals surface area contributed by atoms with Gasteiger partial charge in [0.05, 0.1) is 0 Å². The van der Waals surface area contributed by atoms with Crippen LogP contribution in [0.15, 0.2) is 0 Å². The third-order valence-corrected chi connectivity index (χ3v) is 2.80. The molecule has 13 heavy (non-hydrogen) atoms. The molecule has 1 radical (unpaired) electrons. The van der Waals surface area contributed by atoms with Crippen molar-refractivity contribution in [1.82, 2.24) is 9.80 Å². The molecule has 0 aromatic carbocycles. The summed E-state index contributed by atoms with van der Waals surface area (Å²) >= 11 is 0. The molecule has 0 N–H and O–H groups in total. The highest BCUT2D eigenvalue weighted by atomic mass is 16.2. The smallest absolute Gasteiger partial charge is 0.222 e. The highest BCUT2D eigenvalue weighted by Crippen LogP contribution is 2.16. The number of carbonyl (C=O) groups is 1. The van der Waals surface area contributed by atoms with Gasteiger partial charge in [-0.25, -0.2) is 0 Å². The van der Waals surface area contributed by atoms with Crippen LogP contribution >= 0.6 is 0 Å². The lowest BCUT2D eigenvalue weighted by atomic mass is 9.97. The molecule has 1 heterocycles. The number of carbonyl (C=O) groups excluding carboxylic acids is 1. The van der Waals surface area contributed by atoms with Crippen molar-refractivity contribution in [3.63, 3.8) is 0 Å². The van der Waals surface area contributed by atoms with Gasteiger partial charge in [0.15, 0.2) is 0 Å². The van der Waals surface area contributed by atoms with E-state index < -0.39 is 0 Å². The van der Waals surface area contributed by atoms with E-state index in [0.29, 0.717) is 5.92 Å². The van der Waals surface area contributed by atoms with E-state index in [1.165, 1.54) is 12.8 Å².